The van der Waals surface area contributed by atoms with E-state index < -0.39 is 41.9 Å². The number of hydrogen-bond acceptors (Lipinski definition) is 10. The molecule has 6 aromatic rings. The fraction of sp³-hybridized carbons (Fsp3) is 0.154. The van der Waals surface area contributed by atoms with E-state index in [1.165, 1.54) is 31.5 Å². The number of ketones is 1. The molecule has 2 heterocycles. The summed E-state index contributed by atoms with van der Waals surface area (Å²) >= 11 is 0. The summed E-state index contributed by atoms with van der Waals surface area (Å²) in [6.45, 7) is 1.29. The molecule has 6 rings (SSSR count). The van der Waals surface area contributed by atoms with Gasteiger partial charge in [0.15, 0.2) is 5.58 Å². The largest absolute Gasteiger partial charge is 0.465 e. The summed E-state index contributed by atoms with van der Waals surface area (Å²) in [6.07, 6.45) is 0.399. The Balaban J connectivity index is 1.28. The van der Waals surface area contributed by atoms with Gasteiger partial charge >= 0.3 is 12.1 Å². The summed E-state index contributed by atoms with van der Waals surface area (Å²) < 4.78 is 16.9. The first kappa shape index (κ1) is 35.0. The van der Waals surface area contributed by atoms with Crippen molar-refractivity contribution in [1.29, 1.82) is 0 Å². The fourth-order valence-corrected chi connectivity index (χ4v) is 5.48. The lowest BCUT2D eigenvalue weighted by molar-refractivity contribution is -0.122. The van der Waals surface area contributed by atoms with Crippen molar-refractivity contribution in [2.45, 2.75) is 32.5 Å². The summed E-state index contributed by atoms with van der Waals surface area (Å²) in [7, 11) is 1.25. The Labute approximate surface area is 297 Å². The zero-order chi connectivity index (χ0) is 36.6. The van der Waals surface area contributed by atoms with Crippen LogP contribution in [0.4, 0.5) is 10.5 Å². The zero-order valence-electron chi connectivity index (χ0n) is 28.2. The molecule has 0 saturated heterocycles. The molecule has 0 saturated carbocycles. The number of anilines is 1. The number of Topliss-reactive ketones (excluding diaryl/α,β-unsaturated/α-hetero) is 1. The minimum Gasteiger partial charge on any atom is -0.465 e. The Morgan fingerprint density at radius 3 is 2.33 bits per heavy atom. The number of nitrogens with zero attached hydrogens (tertiary/aromatic N) is 3. The van der Waals surface area contributed by atoms with E-state index in [1.807, 2.05) is 37.3 Å². The van der Waals surface area contributed by atoms with Crippen LogP contribution in [0, 0.1) is 6.92 Å². The second-order valence-corrected chi connectivity index (χ2v) is 11.8. The van der Waals surface area contributed by atoms with Crippen LogP contribution in [0.25, 0.3) is 22.5 Å². The minimum absolute atomic E-state index is 0.0264. The lowest BCUT2D eigenvalue weighted by Gasteiger charge is -2.18. The molecule has 52 heavy (non-hydrogen) atoms. The highest BCUT2D eigenvalue weighted by atomic mass is 16.5. The highest BCUT2D eigenvalue weighted by Gasteiger charge is 2.28. The van der Waals surface area contributed by atoms with Gasteiger partial charge < -0.3 is 19.2 Å². The number of oxazole rings is 1. The first-order valence-corrected chi connectivity index (χ1v) is 16.2. The molecule has 262 valence electrons. The lowest BCUT2D eigenvalue weighted by Crippen LogP contribution is -2.45. The van der Waals surface area contributed by atoms with Gasteiger partial charge in [0.1, 0.15) is 36.2 Å². The van der Waals surface area contributed by atoms with Gasteiger partial charge in [0.05, 0.1) is 18.9 Å². The maximum Gasteiger partial charge on any atom is 0.412 e. The molecule has 0 radical (unpaired) electrons. The van der Waals surface area contributed by atoms with Crippen LogP contribution in [0.15, 0.2) is 119 Å². The Hall–Kier alpha value is -6.89. The van der Waals surface area contributed by atoms with Crippen LogP contribution in [0.1, 0.15) is 37.7 Å². The molecular formula is C39H33N5O8. The molecule has 0 spiro atoms. The summed E-state index contributed by atoms with van der Waals surface area (Å²) in [6, 6.07) is 28.5. The molecule has 2 amide bonds. The lowest BCUT2D eigenvalue weighted by atomic mass is 10.0. The number of carbonyl (C=O) groups is 4. The van der Waals surface area contributed by atoms with Crippen molar-refractivity contribution >= 4 is 40.5 Å². The molecule has 2 N–H and O–H groups in total. The summed E-state index contributed by atoms with van der Waals surface area (Å²) in [5, 5.41) is 5.18. The molecule has 13 nitrogen and oxygen atoms in total. The molecule has 13 heteroatoms. The Kier molecular flexibility index (Phi) is 10.6. The van der Waals surface area contributed by atoms with Gasteiger partial charge in [0.2, 0.25) is 11.7 Å². The van der Waals surface area contributed by atoms with E-state index in [2.05, 4.69) is 20.6 Å². The van der Waals surface area contributed by atoms with Crippen molar-refractivity contribution in [3.8, 4) is 11.4 Å². The molecule has 0 bridgehead atoms. The molecule has 2 aromatic heterocycles. The molecule has 0 fully saturated rings. The molecule has 1 atom stereocenters. The Morgan fingerprint density at radius 2 is 1.62 bits per heavy atom. The third-order valence-corrected chi connectivity index (χ3v) is 8.03. The number of nitrogens with one attached hydrogen (secondary N) is 2. The number of benzene rings is 4. The number of aryl methyl sites for hydroxylation is 1. The van der Waals surface area contributed by atoms with Gasteiger partial charge in [-0.05, 0) is 42.3 Å². The van der Waals surface area contributed by atoms with E-state index in [9.17, 15) is 24.0 Å². The average Bonchev–Trinajstić information content (AvgIpc) is 3.59. The van der Waals surface area contributed by atoms with Crippen LogP contribution < -0.4 is 16.2 Å². The third kappa shape index (κ3) is 8.28. The minimum atomic E-state index is -1.16. The Bertz CT molecular complexity index is 2320. The van der Waals surface area contributed by atoms with Crippen molar-refractivity contribution in [1.82, 2.24) is 19.9 Å². The van der Waals surface area contributed by atoms with Crippen molar-refractivity contribution in [2.24, 2.45) is 0 Å². The quantitative estimate of drug-likeness (QED) is 0.123. The topological polar surface area (TPSA) is 172 Å². The highest BCUT2D eigenvalue weighted by Crippen LogP contribution is 2.21. The smallest absolute Gasteiger partial charge is 0.412 e. The molecule has 0 aliphatic carbocycles. The highest BCUT2D eigenvalue weighted by molar-refractivity contribution is 6.01. The zero-order valence-corrected chi connectivity index (χ0v) is 28.2. The molecule has 4 aromatic carbocycles. The standard InChI is InChI=1S/C39H33N5O8/c1-24-10-9-15-27(18-24)35-40-21-31(43-39(49)51-23-26-13-7-4-8-14-26)37(47)44(35)22-33(45)41-30(19-25-11-5-3-6-12-25)34(46)36-42-29-20-28(38(48)50-2)16-17-32(29)52-36/h3-18,20-21,30H,19,22-23H2,1-2H3,(H,41,45)(H,43,49). The van der Waals surface area contributed by atoms with Crippen LogP contribution in [0.2, 0.25) is 0 Å². The number of ether oxygens (including phenoxy) is 2. The number of amides is 2. The number of methoxy groups -OCH3 is 1. The third-order valence-electron chi connectivity index (χ3n) is 8.03. The molecule has 0 aliphatic rings. The van der Waals surface area contributed by atoms with Gasteiger partial charge in [-0.15, -0.1) is 0 Å². The second kappa shape index (κ2) is 15.8. The van der Waals surface area contributed by atoms with Crippen LogP contribution in [-0.4, -0.2) is 51.4 Å². The number of fused-ring (bicyclic) bond motifs is 1. The van der Waals surface area contributed by atoms with Gasteiger partial charge in [0.25, 0.3) is 11.4 Å². The van der Waals surface area contributed by atoms with Gasteiger partial charge in [-0.3, -0.25) is 24.3 Å². The predicted molar refractivity (Wildman–Crippen MR) is 191 cm³/mol. The summed E-state index contributed by atoms with van der Waals surface area (Å²) in [5.41, 5.74) is 2.74. The van der Waals surface area contributed by atoms with Gasteiger partial charge in [-0.2, -0.15) is 0 Å². The fourth-order valence-electron chi connectivity index (χ4n) is 5.48. The normalized spacial score (nSPS) is 11.4. The number of hydrogen-bond donors (Lipinski definition) is 2. The van der Waals surface area contributed by atoms with E-state index >= 15 is 0 Å². The van der Waals surface area contributed by atoms with E-state index in [1.54, 1.807) is 54.6 Å². The average molecular weight is 700 g/mol. The Morgan fingerprint density at radius 1 is 0.885 bits per heavy atom. The monoisotopic (exact) mass is 699 g/mol. The number of aromatic nitrogens is 3. The first-order chi connectivity index (χ1) is 25.2. The van der Waals surface area contributed by atoms with E-state index in [4.69, 9.17) is 13.9 Å². The van der Waals surface area contributed by atoms with Crippen molar-refractivity contribution in [2.75, 3.05) is 12.4 Å². The number of esters is 1. The number of rotatable bonds is 12. The van der Waals surface area contributed by atoms with Gasteiger partial charge in [-0.25, -0.2) is 19.6 Å². The molecular weight excluding hydrogens is 666 g/mol. The number of carbonyl (C=O) groups excluding carboxylic acids is 4. The summed E-state index contributed by atoms with van der Waals surface area (Å²) in [4.78, 5) is 75.0. The van der Waals surface area contributed by atoms with Crippen molar-refractivity contribution in [3.63, 3.8) is 0 Å². The molecule has 1 unspecified atom stereocenters. The summed E-state index contributed by atoms with van der Waals surface area (Å²) in [5.74, 6) is -2.02. The van der Waals surface area contributed by atoms with E-state index in [0.29, 0.717) is 5.56 Å². The maximum absolute atomic E-state index is 13.9. The first-order valence-electron chi connectivity index (χ1n) is 16.2. The van der Waals surface area contributed by atoms with Crippen molar-refractivity contribution in [3.05, 3.63) is 148 Å². The maximum atomic E-state index is 13.9. The van der Waals surface area contributed by atoms with E-state index in [0.717, 1.165) is 21.3 Å². The van der Waals surface area contributed by atoms with Crippen LogP contribution in [0.5, 0.6) is 0 Å². The van der Waals surface area contributed by atoms with Crippen LogP contribution in [0.3, 0.4) is 0 Å². The van der Waals surface area contributed by atoms with Gasteiger partial charge in [-0.1, -0.05) is 84.4 Å². The second-order valence-electron chi connectivity index (χ2n) is 11.8. The predicted octanol–water partition coefficient (Wildman–Crippen LogP) is 5.51. The van der Waals surface area contributed by atoms with Crippen LogP contribution in [-0.2, 0) is 33.8 Å². The van der Waals surface area contributed by atoms with Crippen molar-refractivity contribution < 1.29 is 33.1 Å². The molecule has 0 aliphatic heterocycles. The van der Waals surface area contributed by atoms with Crippen LogP contribution >= 0.6 is 0 Å². The van der Waals surface area contributed by atoms with Gasteiger partial charge in [0, 0.05) is 12.0 Å². The SMILES string of the molecule is COC(=O)c1ccc2oc(C(=O)C(Cc3ccccc3)NC(=O)Cn3c(-c4cccc(C)c4)ncc(NC(=O)OCc4ccccc4)c3=O)nc2c1. The van der Waals surface area contributed by atoms with E-state index in [-0.39, 0.29) is 47.1 Å².